The van der Waals surface area contributed by atoms with Crippen molar-refractivity contribution in [3.05, 3.63) is 89.4 Å². The highest BCUT2D eigenvalue weighted by atomic mass is 35.5. The molecule has 0 radical (unpaired) electrons. The normalized spacial score (nSPS) is 10.5. The molecule has 0 bridgehead atoms. The average molecular weight is 429 g/mol. The molecule has 1 N–H and O–H groups in total. The Morgan fingerprint density at radius 1 is 1.07 bits per heavy atom. The van der Waals surface area contributed by atoms with Crippen LogP contribution in [0, 0.1) is 6.92 Å². The lowest BCUT2D eigenvalue weighted by molar-refractivity contribution is -0.121. The molecule has 30 heavy (non-hydrogen) atoms. The number of nitrogens with zero attached hydrogens (tertiary/aromatic N) is 1. The van der Waals surface area contributed by atoms with E-state index in [0.717, 1.165) is 30.0 Å². The lowest BCUT2D eigenvalue weighted by Crippen LogP contribution is -2.36. The van der Waals surface area contributed by atoms with E-state index in [4.69, 9.17) is 9.15 Å². The second-order valence-electron chi connectivity index (χ2n) is 7.14. The van der Waals surface area contributed by atoms with Gasteiger partial charge < -0.3 is 14.5 Å². The van der Waals surface area contributed by atoms with Gasteiger partial charge in [-0.05, 0) is 48.7 Å². The van der Waals surface area contributed by atoms with Crippen molar-refractivity contribution >= 4 is 18.3 Å². The molecule has 6 heteroatoms. The summed E-state index contributed by atoms with van der Waals surface area (Å²) < 4.78 is 11.4. The zero-order valence-corrected chi connectivity index (χ0v) is 18.3. The highest BCUT2D eigenvalue weighted by Gasteiger charge is 2.12. The minimum Gasteiger partial charge on any atom is -0.489 e. The number of likely N-dealkylation sites (N-methyl/N-ethyl adjacent to an activating group) is 1. The molecule has 160 valence electrons. The van der Waals surface area contributed by atoms with Gasteiger partial charge in [0, 0.05) is 13.6 Å². The molecule has 0 saturated carbocycles. The van der Waals surface area contributed by atoms with Crippen molar-refractivity contribution in [1.29, 1.82) is 0 Å². The van der Waals surface area contributed by atoms with E-state index < -0.39 is 0 Å². The lowest BCUT2D eigenvalue weighted by atomic mass is 10.1. The van der Waals surface area contributed by atoms with E-state index in [0.29, 0.717) is 19.7 Å². The second kappa shape index (κ2) is 12.1. The van der Waals surface area contributed by atoms with Crippen LogP contribution in [-0.2, 0) is 24.4 Å². The number of amides is 1. The predicted octanol–water partition coefficient (Wildman–Crippen LogP) is 4.38. The fourth-order valence-corrected chi connectivity index (χ4v) is 3.17. The summed E-state index contributed by atoms with van der Waals surface area (Å²) in [6, 6.07) is 20.3. The number of benzene rings is 2. The quantitative estimate of drug-likeness (QED) is 0.520. The Morgan fingerprint density at radius 2 is 1.87 bits per heavy atom. The maximum absolute atomic E-state index is 11.9. The summed E-state index contributed by atoms with van der Waals surface area (Å²) in [5, 5.41) is 2.69. The van der Waals surface area contributed by atoms with Gasteiger partial charge in [0.15, 0.2) is 0 Å². The van der Waals surface area contributed by atoms with Gasteiger partial charge in [-0.15, -0.1) is 12.4 Å². The number of rotatable bonds is 10. The Labute approximate surface area is 184 Å². The third-order valence-electron chi connectivity index (χ3n) is 4.71. The van der Waals surface area contributed by atoms with E-state index in [2.05, 4.69) is 47.5 Å². The molecule has 3 aromatic rings. The lowest BCUT2D eigenvalue weighted by Gasteiger charge is -2.20. The number of nitrogens with one attached hydrogen (secondary N) is 1. The summed E-state index contributed by atoms with van der Waals surface area (Å²) in [6.07, 6.45) is 2.47. The van der Waals surface area contributed by atoms with Crippen molar-refractivity contribution in [3.8, 4) is 5.75 Å². The van der Waals surface area contributed by atoms with Crippen molar-refractivity contribution in [3.63, 3.8) is 0 Å². The first-order chi connectivity index (χ1) is 14.1. The number of hydrogen-bond acceptors (Lipinski definition) is 4. The Balaban J connectivity index is 0.00000320. The maximum atomic E-state index is 11.9. The third-order valence-corrected chi connectivity index (χ3v) is 4.71. The largest absolute Gasteiger partial charge is 0.489 e. The van der Waals surface area contributed by atoms with Crippen molar-refractivity contribution in [2.24, 2.45) is 0 Å². The second-order valence-corrected chi connectivity index (χ2v) is 7.14. The van der Waals surface area contributed by atoms with E-state index in [1.165, 1.54) is 11.1 Å². The highest BCUT2D eigenvalue weighted by molar-refractivity contribution is 5.85. The molecule has 0 spiro atoms. The molecule has 1 amide bonds. The molecule has 0 aliphatic carbocycles. The molecule has 0 fully saturated rings. The molecular formula is C24H29ClN2O3. The molecule has 0 saturated heterocycles. The fraction of sp³-hybridized carbons (Fsp3) is 0.292. The summed E-state index contributed by atoms with van der Waals surface area (Å²) in [4.78, 5) is 13.9. The number of halogens is 1. The van der Waals surface area contributed by atoms with Gasteiger partial charge in [0.05, 0.1) is 19.4 Å². The molecule has 0 aliphatic heterocycles. The summed E-state index contributed by atoms with van der Waals surface area (Å²) in [7, 11) is 1.66. The number of aryl methyl sites for hydroxylation is 1. The van der Waals surface area contributed by atoms with Gasteiger partial charge in [-0.2, -0.15) is 0 Å². The molecule has 1 aromatic heterocycles. The maximum Gasteiger partial charge on any atom is 0.233 e. The minimum absolute atomic E-state index is 0. The predicted molar refractivity (Wildman–Crippen MR) is 121 cm³/mol. The van der Waals surface area contributed by atoms with E-state index >= 15 is 0 Å². The van der Waals surface area contributed by atoms with E-state index in [1.807, 2.05) is 30.3 Å². The standard InChI is InChI=1S/C24H28N2O3.ClH/c1-19-6-3-8-21(14-19)18-29-22-9-4-7-20(15-22)11-12-26(17-24(27)25-2)16-23-10-5-13-28-23;/h3-10,13-15H,11-12,16-18H2,1-2H3,(H,25,27);1H. The van der Waals surface area contributed by atoms with Crippen molar-refractivity contribution < 1.29 is 13.9 Å². The fourth-order valence-electron chi connectivity index (χ4n) is 3.17. The number of hydrogen-bond donors (Lipinski definition) is 1. The van der Waals surface area contributed by atoms with Crippen LogP contribution in [-0.4, -0.2) is 30.9 Å². The van der Waals surface area contributed by atoms with E-state index in [-0.39, 0.29) is 18.3 Å². The summed E-state index contributed by atoms with van der Waals surface area (Å²) in [6.45, 7) is 4.31. The van der Waals surface area contributed by atoms with Gasteiger partial charge in [0.25, 0.3) is 0 Å². The monoisotopic (exact) mass is 428 g/mol. The van der Waals surface area contributed by atoms with Gasteiger partial charge in [-0.25, -0.2) is 0 Å². The van der Waals surface area contributed by atoms with Gasteiger partial charge in [0.2, 0.25) is 5.91 Å². The zero-order chi connectivity index (χ0) is 20.5. The molecule has 0 unspecified atom stereocenters. The van der Waals surface area contributed by atoms with Crippen LogP contribution in [0.3, 0.4) is 0 Å². The van der Waals surface area contributed by atoms with Crippen LogP contribution < -0.4 is 10.1 Å². The van der Waals surface area contributed by atoms with Crippen molar-refractivity contribution in [2.75, 3.05) is 20.1 Å². The van der Waals surface area contributed by atoms with Gasteiger partial charge in [-0.3, -0.25) is 9.69 Å². The van der Waals surface area contributed by atoms with Crippen LogP contribution in [0.2, 0.25) is 0 Å². The van der Waals surface area contributed by atoms with Crippen LogP contribution in [0.15, 0.2) is 71.3 Å². The van der Waals surface area contributed by atoms with Crippen LogP contribution in [0.4, 0.5) is 0 Å². The van der Waals surface area contributed by atoms with Crippen molar-refractivity contribution in [1.82, 2.24) is 10.2 Å². The SMILES string of the molecule is CNC(=O)CN(CCc1cccc(OCc2cccc(C)c2)c1)Cc1ccco1.Cl. The average Bonchev–Trinajstić information content (AvgIpc) is 3.24. The first-order valence-electron chi connectivity index (χ1n) is 9.85. The summed E-state index contributed by atoms with van der Waals surface area (Å²) in [5.74, 6) is 1.70. The molecule has 1 heterocycles. The Kier molecular flexibility index (Phi) is 9.45. The van der Waals surface area contributed by atoms with Crippen molar-refractivity contribution in [2.45, 2.75) is 26.5 Å². The third kappa shape index (κ3) is 7.58. The highest BCUT2D eigenvalue weighted by Crippen LogP contribution is 2.17. The molecule has 2 aromatic carbocycles. The minimum atomic E-state index is -0.00760. The molecule has 0 aliphatic rings. The number of carbonyl (C=O) groups is 1. The number of carbonyl (C=O) groups excluding carboxylic acids is 1. The van der Waals surface area contributed by atoms with Crippen LogP contribution in [0.1, 0.15) is 22.5 Å². The molecule has 3 rings (SSSR count). The number of furan rings is 1. The first kappa shape index (κ1) is 23.5. The zero-order valence-electron chi connectivity index (χ0n) is 17.5. The van der Waals surface area contributed by atoms with Crippen LogP contribution in [0.25, 0.3) is 0 Å². The Hall–Kier alpha value is -2.76. The van der Waals surface area contributed by atoms with Gasteiger partial charge in [-0.1, -0.05) is 42.0 Å². The summed E-state index contributed by atoms with van der Waals surface area (Å²) >= 11 is 0. The van der Waals surface area contributed by atoms with Crippen LogP contribution in [0.5, 0.6) is 5.75 Å². The van der Waals surface area contributed by atoms with E-state index in [1.54, 1.807) is 13.3 Å². The molecular weight excluding hydrogens is 400 g/mol. The van der Waals surface area contributed by atoms with E-state index in [9.17, 15) is 4.79 Å². The van der Waals surface area contributed by atoms with Gasteiger partial charge in [0.1, 0.15) is 18.1 Å². The topological polar surface area (TPSA) is 54.7 Å². The Morgan fingerprint density at radius 3 is 2.60 bits per heavy atom. The summed E-state index contributed by atoms with van der Waals surface area (Å²) in [5.41, 5.74) is 3.56. The molecule has 5 nitrogen and oxygen atoms in total. The number of ether oxygens (including phenoxy) is 1. The van der Waals surface area contributed by atoms with Gasteiger partial charge >= 0.3 is 0 Å². The first-order valence-corrected chi connectivity index (χ1v) is 9.85. The van der Waals surface area contributed by atoms with Crippen LogP contribution >= 0.6 is 12.4 Å². The Bertz CT molecular complexity index is 912. The smallest absolute Gasteiger partial charge is 0.233 e. The molecule has 0 atom stereocenters.